The minimum absolute atomic E-state index is 0.452. The van der Waals surface area contributed by atoms with Crippen molar-refractivity contribution < 1.29 is 4.74 Å². The lowest BCUT2D eigenvalue weighted by Gasteiger charge is -2.46. The monoisotopic (exact) mass is 291 g/mol. The summed E-state index contributed by atoms with van der Waals surface area (Å²) in [6.45, 7) is 7.17. The van der Waals surface area contributed by atoms with E-state index < -0.39 is 0 Å². The zero-order valence-corrected chi connectivity index (χ0v) is 14.3. The Kier molecular flexibility index (Phi) is 6.11. The highest BCUT2D eigenvalue weighted by atomic mass is 16.5. The molecule has 0 spiro atoms. The van der Waals surface area contributed by atoms with Crippen molar-refractivity contribution in [2.75, 3.05) is 7.11 Å². The molecule has 0 amide bonds. The van der Waals surface area contributed by atoms with Gasteiger partial charge in [-0.05, 0) is 74.0 Å². The molecule has 0 heterocycles. The lowest BCUT2D eigenvalue weighted by molar-refractivity contribution is -0.0149. The van der Waals surface area contributed by atoms with Gasteiger partial charge >= 0.3 is 0 Å². The summed E-state index contributed by atoms with van der Waals surface area (Å²) in [5.41, 5.74) is 0. The third-order valence-electron chi connectivity index (χ3n) is 6.48. The molecule has 2 heteroatoms. The third kappa shape index (κ3) is 4.01. The molecular formula is C19H33NO. The number of ether oxygens (including phenoxy) is 1. The van der Waals surface area contributed by atoms with Crippen LogP contribution in [0, 0.1) is 46.8 Å². The number of methoxy groups -OCH3 is 1. The second-order valence-corrected chi connectivity index (χ2v) is 7.92. The van der Waals surface area contributed by atoms with Crippen LogP contribution in [0.15, 0.2) is 0 Å². The van der Waals surface area contributed by atoms with Crippen molar-refractivity contribution in [2.24, 2.45) is 35.5 Å². The summed E-state index contributed by atoms with van der Waals surface area (Å²) < 4.78 is 5.67. The van der Waals surface area contributed by atoms with E-state index in [4.69, 9.17) is 4.74 Å². The van der Waals surface area contributed by atoms with Gasteiger partial charge < -0.3 is 4.74 Å². The van der Waals surface area contributed by atoms with E-state index in [-0.39, 0.29) is 0 Å². The first-order valence-electron chi connectivity index (χ1n) is 8.96. The number of hydrogen-bond donors (Lipinski definition) is 0. The SMILES string of the molecule is CO[C@H]1CC[C@H](C)C(C2C[C@H](C(C)C)CCC2CC#N)C1. The highest BCUT2D eigenvalue weighted by molar-refractivity contribution is 4.93. The minimum Gasteiger partial charge on any atom is -0.381 e. The molecule has 0 aliphatic heterocycles. The van der Waals surface area contributed by atoms with Gasteiger partial charge in [-0.3, -0.25) is 0 Å². The van der Waals surface area contributed by atoms with Crippen molar-refractivity contribution in [3.63, 3.8) is 0 Å². The Morgan fingerprint density at radius 1 is 1.10 bits per heavy atom. The first kappa shape index (κ1) is 16.8. The number of nitrogens with zero attached hydrogens (tertiary/aromatic N) is 1. The summed E-state index contributed by atoms with van der Waals surface area (Å²) in [6.07, 6.45) is 8.88. The standard InChI is InChI=1S/C19H33NO/c1-13(2)16-7-6-15(9-10-20)19(11-16)18-12-17(21-4)8-5-14(18)3/h13-19H,5-9,11-12H2,1-4H3/t14-,15?,16+,17-,18?,19?/m0/s1. The Morgan fingerprint density at radius 2 is 1.86 bits per heavy atom. The Hall–Kier alpha value is -0.550. The fourth-order valence-corrected chi connectivity index (χ4v) is 4.93. The predicted molar refractivity (Wildman–Crippen MR) is 86.7 cm³/mol. The number of hydrogen-bond acceptors (Lipinski definition) is 2. The summed E-state index contributed by atoms with van der Waals surface area (Å²) in [7, 11) is 1.86. The van der Waals surface area contributed by atoms with Crippen LogP contribution >= 0.6 is 0 Å². The van der Waals surface area contributed by atoms with Crippen LogP contribution in [0.25, 0.3) is 0 Å². The second kappa shape index (κ2) is 7.63. The molecule has 0 aromatic heterocycles. The Morgan fingerprint density at radius 3 is 2.48 bits per heavy atom. The fraction of sp³-hybridized carbons (Fsp3) is 0.947. The van der Waals surface area contributed by atoms with E-state index >= 15 is 0 Å². The normalized spacial score (nSPS) is 41.0. The zero-order valence-electron chi connectivity index (χ0n) is 14.3. The van der Waals surface area contributed by atoms with Gasteiger partial charge in [0, 0.05) is 13.5 Å². The van der Waals surface area contributed by atoms with Crippen molar-refractivity contribution in [3.8, 4) is 6.07 Å². The maximum Gasteiger partial charge on any atom is 0.0624 e. The molecular weight excluding hydrogens is 258 g/mol. The highest BCUT2D eigenvalue weighted by Gasteiger charge is 2.40. The number of nitriles is 1. The zero-order chi connectivity index (χ0) is 15.4. The van der Waals surface area contributed by atoms with Gasteiger partial charge in [-0.1, -0.05) is 20.8 Å². The van der Waals surface area contributed by atoms with Gasteiger partial charge in [0.2, 0.25) is 0 Å². The van der Waals surface area contributed by atoms with Crippen LogP contribution < -0.4 is 0 Å². The first-order chi connectivity index (χ1) is 10.1. The molecule has 0 radical (unpaired) electrons. The molecule has 3 unspecified atom stereocenters. The maximum absolute atomic E-state index is 9.20. The van der Waals surface area contributed by atoms with Crippen LogP contribution in [0.2, 0.25) is 0 Å². The van der Waals surface area contributed by atoms with Gasteiger partial charge in [0.15, 0.2) is 0 Å². The van der Waals surface area contributed by atoms with Gasteiger partial charge in [0.25, 0.3) is 0 Å². The summed E-state index contributed by atoms with van der Waals surface area (Å²) in [5, 5.41) is 9.20. The van der Waals surface area contributed by atoms with Crippen molar-refractivity contribution in [1.29, 1.82) is 5.26 Å². The molecule has 0 aromatic rings. The molecule has 2 saturated carbocycles. The quantitative estimate of drug-likeness (QED) is 0.727. The van der Waals surface area contributed by atoms with E-state index in [1.165, 1.54) is 38.5 Å². The predicted octanol–water partition coefficient (Wildman–Crippen LogP) is 5.04. The van der Waals surface area contributed by atoms with Gasteiger partial charge in [-0.15, -0.1) is 0 Å². The van der Waals surface area contributed by atoms with Gasteiger partial charge in [0.1, 0.15) is 0 Å². The van der Waals surface area contributed by atoms with E-state index in [0.29, 0.717) is 12.0 Å². The van der Waals surface area contributed by atoms with Crippen molar-refractivity contribution in [3.05, 3.63) is 0 Å². The maximum atomic E-state index is 9.20. The molecule has 0 aromatic carbocycles. The van der Waals surface area contributed by atoms with Crippen LogP contribution in [-0.2, 0) is 4.74 Å². The molecule has 120 valence electrons. The summed E-state index contributed by atoms with van der Waals surface area (Å²) in [5.74, 6) is 4.59. The second-order valence-electron chi connectivity index (χ2n) is 7.92. The Bertz CT molecular complexity index is 359. The van der Waals surface area contributed by atoms with Crippen LogP contribution in [0.5, 0.6) is 0 Å². The molecule has 2 aliphatic rings. The van der Waals surface area contributed by atoms with Gasteiger partial charge in [-0.2, -0.15) is 5.26 Å². The van der Waals surface area contributed by atoms with E-state index in [2.05, 4.69) is 26.8 Å². The minimum atomic E-state index is 0.452. The van der Waals surface area contributed by atoms with Gasteiger partial charge in [-0.25, -0.2) is 0 Å². The molecule has 2 rings (SSSR count). The van der Waals surface area contributed by atoms with E-state index in [1.807, 2.05) is 7.11 Å². The van der Waals surface area contributed by atoms with Crippen LogP contribution in [-0.4, -0.2) is 13.2 Å². The lowest BCUT2D eigenvalue weighted by atomic mass is 9.60. The molecule has 2 fully saturated rings. The number of rotatable bonds is 4. The molecule has 21 heavy (non-hydrogen) atoms. The molecule has 0 bridgehead atoms. The van der Waals surface area contributed by atoms with Crippen molar-refractivity contribution >= 4 is 0 Å². The topological polar surface area (TPSA) is 33.0 Å². The molecule has 2 nitrogen and oxygen atoms in total. The van der Waals surface area contributed by atoms with Crippen LogP contribution in [0.4, 0.5) is 0 Å². The molecule has 6 atom stereocenters. The summed E-state index contributed by atoms with van der Waals surface area (Å²) >= 11 is 0. The highest BCUT2D eigenvalue weighted by Crippen LogP contribution is 2.48. The first-order valence-corrected chi connectivity index (χ1v) is 8.96. The van der Waals surface area contributed by atoms with Gasteiger partial charge in [0.05, 0.1) is 12.2 Å². The fourth-order valence-electron chi connectivity index (χ4n) is 4.93. The van der Waals surface area contributed by atoms with E-state index in [9.17, 15) is 5.26 Å². The Labute approximate surface area is 131 Å². The van der Waals surface area contributed by atoms with Crippen molar-refractivity contribution in [2.45, 2.75) is 71.8 Å². The smallest absolute Gasteiger partial charge is 0.0624 e. The average Bonchev–Trinajstić information content (AvgIpc) is 2.48. The summed E-state index contributed by atoms with van der Waals surface area (Å²) in [4.78, 5) is 0. The van der Waals surface area contributed by atoms with Crippen LogP contribution in [0.3, 0.4) is 0 Å². The lowest BCUT2D eigenvalue weighted by Crippen LogP contribution is -2.39. The largest absolute Gasteiger partial charge is 0.381 e. The molecule has 0 N–H and O–H groups in total. The van der Waals surface area contributed by atoms with E-state index in [0.717, 1.165) is 36.0 Å². The van der Waals surface area contributed by atoms with Crippen LogP contribution in [0.1, 0.15) is 65.7 Å². The van der Waals surface area contributed by atoms with E-state index in [1.54, 1.807) is 0 Å². The molecule has 2 aliphatic carbocycles. The Balaban J connectivity index is 2.11. The third-order valence-corrected chi connectivity index (χ3v) is 6.48. The average molecular weight is 291 g/mol. The molecule has 0 saturated heterocycles. The summed E-state index contributed by atoms with van der Waals surface area (Å²) in [6, 6.07) is 2.46. The van der Waals surface area contributed by atoms with Crippen molar-refractivity contribution in [1.82, 2.24) is 0 Å².